The zero-order valence-electron chi connectivity index (χ0n) is 10.3. The van der Waals surface area contributed by atoms with Gasteiger partial charge in [-0.1, -0.05) is 39.5 Å². The van der Waals surface area contributed by atoms with Crippen LogP contribution in [0.5, 0.6) is 0 Å². The van der Waals surface area contributed by atoms with Crippen molar-refractivity contribution in [1.82, 2.24) is 0 Å². The first-order valence-electron chi connectivity index (χ1n) is 5.24. The van der Waals surface area contributed by atoms with Crippen LogP contribution < -0.4 is 0 Å². The number of methoxy groups -OCH3 is 1. The maximum absolute atomic E-state index is 11.2. The van der Waals surface area contributed by atoms with E-state index >= 15 is 0 Å². The third kappa shape index (κ3) is 2.72. The van der Waals surface area contributed by atoms with E-state index in [2.05, 4.69) is 32.1 Å². The maximum atomic E-state index is 11.2. The Hall–Kier alpha value is -1.57. The van der Waals surface area contributed by atoms with Gasteiger partial charge in [0.25, 0.3) is 0 Å². The Labute approximate surface area is 96.9 Å². The number of hydrogen-bond donors (Lipinski definition) is 0. The molecule has 0 aromatic heterocycles. The summed E-state index contributed by atoms with van der Waals surface area (Å²) in [5.41, 5.74) is 2.71. The molecule has 86 valence electrons. The van der Waals surface area contributed by atoms with Crippen molar-refractivity contribution in [2.24, 2.45) is 5.41 Å². The van der Waals surface area contributed by atoms with Crippen LogP contribution in [0.4, 0.5) is 0 Å². The van der Waals surface area contributed by atoms with E-state index < -0.39 is 0 Å². The van der Waals surface area contributed by atoms with E-state index in [1.165, 1.54) is 7.11 Å². The molecule has 0 bridgehead atoms. The summed E-state index contributed by atoms with van der Waals surface area (Å²) in [6.45, 7) is 10.4. The molecule has 0 fully saturated rings. The van der Waals surface area contributed by atoms with Crippen molar-refractivity contribution in [3.63, 3.8) is 0 Å². The van der Waals surface area contributed by atoms with E-state index in [4.69, 9.17) is 0 Å². The SMILES string of the molecule is C=C(c1ccc(C(=O)OC)cc1)C(C)(C)C. The molecule has 1 aromatic rings. The molecule has 1 rings (SSSR count). The summed E-state index contributed by atoms with van der Waals surface area (Å²) in [6.07, 6.45) is 0. The van der Waals surface area contributed by atoms with Crippen LogP contribution in [-0.4, -0.2) is 13.1 Å². The van der Waals surface area contributed by atoms with E-state index in [0.29, 0.717) is 5.56 Å². The van der Waals surface area contributed by atoms with Crippen LogP contribution in [0.15, 0.2) is 30.8 Å². The molecule has 0 aliphatic rings. The van der Waals surface area contributed by atoms with Gasteiger partial charge in [0.2, 0.25) is 0 Å². The Morgan fingerprint density at radius 2 is 1.56 bits per heavy atom. The minimum absolute atomic E-state index is 0.0345. The third-order valence-corrected chi connectivity index (χ3v) is 2.56. The van der Waals surface area contributed by atoms with Gasteiger partial charge in [-0.15, -0.1) is 0 Å². The topological polar surface area (TPSA) is 26.3 Å². The van der Waals surface area contributed by atoms with Crippen molar-refractivity contribution in [2.45, 2.75) is 20.8 Å². The lowest BCUT2D eigenvalue weighted by Crippen LogP contribution is -2.07. The first-order chi connectivity index (χ1) is 7.36. The predicted molar refractivity (Wildman–Crippen MR) is 66.3 cm³/mol. The number of esters is 1. The van der Waals surface area contributed by atoms with Gasteiger partial charge in [-0.05, 0) is 28.7 Å². The van der Waals surface area contributed by atoms with Crippen LogP contribution in [0.1, 0.15) is 36.7 Å². The van der Waals surface area contributed by atoms with Crippen LogP contribution in [0, 0.1) is 5.41 Å². The standard InChI is InChI=1S/C14H18O2/c1-10(14(2,3)4)11-6-8-12(9-7-11)13(15)16-5/h6-9H,1H2,2-5H3. The summed E-state index contributed by atoms with van der Waals surface area (Å²) >= 11 is 0. The smallest absolute Gasteiger partial charge is 0.337 e. The molecule has 16 heavy (non-hydrogen) atoms. The van der Waals surface area contributed by atoms with E-state index in [1.54, 1.807) is 12.1 Å². The number of rotatable bonds is 2. The molecule has 0 aliphatic heterocycles. The van der Waals surface area contributed by atoms with Gasteiger partial charge in [0.1, 0.15) is 0 Å². The van der Waals surface area contributed by atoms with E-state index in [-0.39, 0.29) is 11.4 Å². The van der Waals surface area contributed by atoms with Crippen LogP contribution in [0.3, 0.4) is 0 Å². The predicted octanol–water partition coefficient (Wildman–Crippen LogP) is 3.53. The lowest BCUT2D eigenvalue weighted by atomic mass is 9.83. The Morgan fingerprint density at radius 3 is 1.94 bits per heavy atom. The first kappa shape index (κ1) is 12.5. The summed E-state index contributed by atoms with van der Waals surface area (Å²) in [4.78, 5) is 11.2. The molecule has 0 heterocycles. The third-order valence-electron chi connectivity index (χ3n) is 2.56. The highest BCUT2D eigenvalue weighted by Gasteiger charge is 2.16. The zero-order valence-corrected chi connectivity index (χ0v) is 10.3. The highest BCUT2D eigenvalue weighted by atomic mass is 16.5. The Morgan fingerprint density at radius 1 is 1.12 bits per heavy atom. The average molecular weight is 218 g/mol. The van der Waals surface area contributed by atoms with Gasteiger partial charge < -0.3 is 4.74 Å². The van der Waals surface area contributed by atoms with Crippen LogP contribution in [0.2, 0.25) is 0 Å². The Bertz CT molecular complexity index is 394. The van der Waals surface area contributed by atoms with Gasteiger partial charge in [-0.2, -0.15) is 0 Å². The summed E-state index contributed by atoms with van der Waals surface area (Å²) in [7, 11) is 1.38. The average Bonchev–Trinajstić information content (AvgIpc) is 2.26. The summed E-state index contributed by atoms with van der Waals surface area (Å²) in [5.74, 6) is -0.312. The second kappa shape index (κ2) is 4.52. The molecule has 2 heteroatoms. The van der Waals surface area contributed by atoms with E-state index in [1.807, 2.05) is 12.1 Å². The van der Waals surface area contributed by atoms with Gasteiger partial charge in [-0.25, -0.2) is 4.79 Å². The Balaban J connectivity index is 2.96. The number of carbonyl (C=O) groups is 1. The summed E-state index contributed by atoms with van der Waals surface area (Å²) < 4.78 is 4.64. The largest absolute Gasteiger partial charge is 0.465 e. The quantitative estimate of drug-likeness (QED) is 0.710. The molecule has 0 radical (unpaired) electrons. The van der Waals surface area contributed by atoms with Crippen LogP contribution >= 0.6 is 0 Å². The lowest BCUT2D eigenvalue weighted by molar-refractivity contribution is 0.0601. The highest BCUT2D eigenvalue weighted by molar-refractivity contribution is 5.89. The lowest BCUT2D eigenvalue weighted by Gasteiger charge is -2.22. The molecule has 0 amide bonds. The number of carbonyl (C=O) groups excluding carboxylic acids is 1. The molecule has 0 saturated carbocycles. The number of ether oxygens (including phenoxy) is 1. The highest BCUT2D eigenvalue weighted by Crippen LogP contribution is 2.32. The fourth-order valence-corrected chi connectivity index (χ4v) is 1.36. The van der Waals surface area contributed by atoms with Crippen molar-refractivity contribution in [2.75, 3.05) is 7.11 Å². The van der Waals surface area contributed by atoms with Crippen molar-refractivity contribution in [3.05, 3.63) is 42.0 Å². The normalized spacial score (nSPS) is 11.0. The van der Waals surface area contributed by atoms with Gasteiger partial charge >= 0.3 is 5.97 Å². The first-order valence-corrected chi connectivity index (χ1v) is 5.24. The minimum atomic E-state index is -0.312. The molecule has 1 aromatic carbocycles. The van der Waals surface area contributed by atoms with Crippen molar-refractivity contribution >= 4 is 11.5 Å². The number of hydrogen-bond acceptors (Lipinski definition) is 2. The monoisotopic (exact) mass is 218 g/mol. The summed E-state index contributed by atoms with van der Waals surface area (Å²) in [5, 5.41) is 0. The van der Waals surface area contributed by atoms with Crippen LogP contribution in [0.25, 0.3) is 5.57 Å². The van der Waals surface area contributed by atoms with Crippen molar-refractivity contribution in [1.29, 1.82) is 0 Å². The second-order valence-corrected chi connectivity index (χ2v) is 4.80. The Kier molecular flexibility index (Phi) is 3.53. The maximum Gasteiger partial charge on any atom is 0.337 e. The van der Waals surface area contributed by atoms with Gasteiger partial charge in [-0.3, -0.25) is 0 Å². The fourth-order valence-electron chi connectivity index (χ4n) is 1.36. The number of allylic oxidation sites excluding steroid dienone is 1. The minimum Gasteiger partial charge on any atom is -0.465 e. The van der Waals surface area contributed by atoms with Crippen molar-refractivity contribution < 1.29 is 9.53 Å². The molecule has 2 nitrogen and oxygen atoms in total. The van der Waals surface area contributed by atoms with Gasteiger partial charge in [0.15, 0.2) is 0 Å². The van der Waals surface area contributed by atoms with Crippen LogP contribution in [-0.2, 0) is 4.74 Å². The second-order valence-electron chi connectivity index (χ2n) is 4.80. The van der Waals surface area contributed by atoms with Gasteiger partial charge in [0.05, 0.1) is 12.7 Å². The molecule has 0 saturated heterocycles. The fraction of sp³-hybridized carbons (Fsp3) is 0.357. The zero-order chi connectivity index (χ0) is 12.3. The summed E-state index contributed by atoms with van der Waals surface area (Å²) in [6, 6.07) is 7.33. The van der Waals surface area contributed by atoms with E-state index in [9.17, 15) is 4.79 Å². The molecular weight excluding hydrogens is 200 g/mol. The van der Waals surface area contributed by atoms with Gasteiger partial charge in [0, 0.05) is 0 Å². The van der Waals surface area contributed by atoms with Crippen molar-refractivity contribution in [3.8, 4) is 0 Å². The van der Waals surface area contributed by atoms with E-state index in [0.717, 1.165) is 11.1 Å². The molecule has 0 N–H and O–H groups in total. The molecular formula is C14H18O2. The number of benzene rings is 1. The molecule has 0 unspecified atom stereocenters. The molecule has 0 spiro atoms. The molecule has 0 atom stereocenters. The molecule has 0 aliphatic carbocycles.